The van der Waals surface area contributed by atoms with Crippen molar-refractivity contribution in [3.8, 4) is 0 Å². The van der Waals surface area contributed by atoms with Crippen LogP contribution in [-0.2, 0) is 19.1 Å². The van der Waals surface area contributed by atoms with E-state index < -0.39 is 12.0 Å². The van der Waals surface area contributed by atoms with E-state index in [-0.39, 0.29) is 24.5 Å². The molecule has 0 aliphatic carbocycles. The molecule has 0 aromatic heterocycles. The topological polar surface area (TPSA) is 84.5 Å². The van der Waals surface area contributed by atoms with Crippen molar-refractivity contribution in [1.29, 1.82) is 0 Å². The van der Waals surface area contributed by atoms with Crippen LogP contribution in [0, 0.1) is 11.8 Å². The molecule has 2 atom stereocenters. The molecule has 2 amide bonds. The van der Waals surface area contributed by atoms with Gasteiger partial charge in [0.1, 0.15) is 12.6 Å². The van der Waals surface area contributed by atoms with Gasteiger partial charge < -0.3 is 15.4 Å². The lowest BCUT2D eigenvalue weighted by Gasteiger charge is -2.23. The minimum absolute atomic E-state index is 0.0563. The third-order valence-corrected chi connectivity index (χ3v) is 2.66. The molecule has 0 radical (unpaired) electrons. The fraction of sp³-hybridized carbons (Fsp3) is 0.750. The van der Waals surface area contributed by atoms with E-state index in [1.54, 1.807) is 0 Å². The Bertz CT molecular complexity index is 279. The lowest BCUT2D eigenvalue weighted by Crippen LogP contribution is -2.44. The molecule has 0 fully saturated rings. The van der Waals surface area contributed by atoms with Crippen LogP contribution in [0.3, 0.4) is 0 Å². The van der Waals surface area contributed by atoms with E-state index in [4.69, 9.17) is 4.74 Å². The van der Waals surface area contributed by atoms with E-state index in [2.05, 4.69) is 10.6 Å². The van der Waals surface area contributed by atoms with Gasteiger partial charge in [0.05, 0.1) is 6.04 Å². The standard InChI is InChI=1S/C12H22N2O4/c1-8(2)10(13-6-15)5-18-12(17)11(9(3)4)14-7-16/h6-11H,5H2,1-4H3,(H,13,15)(H,14,16). The van der Waals surface area contributed by atoms with Crippen molar-refractivity contribution in [1.82, 2.24) is 10.6 Å². The van der Waals surface area contributed by atoms with Crippen LogP contribution < -0.4 is 10.6 Å². The molecule has 0 aromatic carbocycles. The van der Waals surface area contributed by atoms with Crippen molar-refractivity contribution in [2.24, 2.45) is 11.8 Å². The number of esters is 1. The molecule has 2 N–H and O–H groups in total. The van der Waals surface area contributed by atoms with Gasteiger partial charge in [-0.25, -0.2) is 4.79 Å². The monoisotopic (exact) mass is 258 g/mol. The van der Waals surface area contributed by atoms with Crippen LogP contribution in [-0.4, -0.2) is 37.5 Å². The molecule has 0 saturated heterocycles. The Morgan fingerprint density at radius 2 is 1.61 bits per heavy atom. The number of hydrogen-bond acceptors (Lipinski definition) is 4. The molecule has 6 heteroatoms. The first-order valence-electron chi connectivity index (χ1n) is 6.00. The predicted octanol–water partition coefficient (Wildman–Crippen LogP) is 0.0708. The highest BCUT2D eigenvalue weighted by Gasteiger charge is 2.24. The number of carbonyl (C=O) groups is 3. The zero-order valence-electron chi connectivity index (χ0n) is 11.3. The molecule has 0 rings (SSSR count). The van der Waals surface area contributed by atoms with E-state index in [1.807, 2.05) is 27.7 Å². The molecule has 0 saturated carbocycles. The molecule has 6 nitrogen and oxygen atoms in total. The van der Waals surface area contributed by atoms with Crippen LogP contribution in [0.2, 0.25) is 0 Å². The SMILES string of the molecule is CC(C)C(COC(=O)C(NC=O)C(C)C)NC=O. The Balaban J connectivity index is 4.35. The van der Waals surface area contributed by atoms with Crippen LogP contribution in [0.15, 0.2) is 0 Å². The minimum atomic E-state index is -0.661. The van der Waals surface area contributed by atoms with E-state index in [0.29, 0.717) is 12.8 Å². The van der Waals surface area contributed by atoms with E-state index in [1.165, 1.54) is 0 Å². The van der Waals surface area contributed by atoms with Gasteiger partial charge in [-0.3, -0.25) is 9.59 Å². The molecule has 0 aromatic rings. The number of hydrogen-bond donors (Lipinski definition) is 2. The second kappa shape index (κ2) is 8.49. The number of ether oxygens (including phenoxy) is 1. The third kappa shape index (κ3) is 5.65. The summed E-state index contributed by atoms with van der Waals surface area (Å²) in [6, 6.07) is -0.887. The molecule has 18 heavy (non-hydrogen) atoms. The summed E-state index contributed by atoms with van der Waals surface area (Å²) in [6.07, 6.45) is 1.07. The summed E-state index contributed by atoms with van der Waals surface area (Å²) in [5, 5.41) is 5.01. The first-order chi connectivity index (χ1) is 8.43. The fourth-order valence-electron chi connectivity index (χ4n) is 1.39. The third-order valence-electron chi connectivity index (χ3n) is 2.66. The molecule has 0 bridgehead atoms. The van der Waals surface area contributed by atoms with Crippen LogP contribution in [0.25, 0.3) is 0 Å². The maximum atomic E-state index is 11.7. The number of nitrogens with one attached hydrogen (secondary N) is 2. The van der Waals surface area contributed by atoms with Gasteiger partial charge >= 0.3 is 5.97 Å². The minimum Gasteiger partial charge on any atom is -0.462 e. The molecular formula is C12H22N2O4. The van der Waals surface area contributed by atoms with Crippen LogP contribution in [0.4, 0.5) is 0 Å². The molecule has 0 aliphatic rings. The highest BCUT2D eigenvalue weighted by Crippen LogP contribution is 2.06. The summed E-state index contributed by atoms with van der Waals surface area (Å²) in [7, 11) is 0. The largest absolute Gasteiger partial charge is 0.462 e. The molecular weight excluding hydrogens is 236 g/mol. The maximum absolute atomic E-state index is 11.7. The van der Waals surface area contributed by atoms with Gasteiger partial charge in [-0.2, -0.15) is 0 Å². The van der Waals surface area contributed by atoms with Gasteiger partial charge in [0.2, 0.25) is 12.8 Å². The highest BCUT2D eigenvalue weighted by atomic mass is 16.5. The molecule has 0 aliphatic heterocycles. The van der Waals surface area contributed by atoms with Gasteiger partial charge in [0.15, 0.2) is 0 Å². The van der Waals surface area contributed by atoms with E-state index in [0.717, 1.165) is 0 Å². The van der Waals surface area contributed by atoms with Crippen molar-refractivity contribution in [3.05, 3.63) is 0 Å². The Hall–Kier alpha value is -1.59. The van der Waals surface area contributed by atoms with Crippen LogP contribution in [0.1, 0.15) is 27.7 Å². The van der Waals surface area contributed by atoms with Gasteiger partial charge in [0, 0.05) is 0 Å². The van der Waals surface area contributed by atoms with Crippen molar-refractivity contribution in [3.63, 3.8) is 0 Å². The Labute approximate surface area is 107 Å². The predicted molar refractivity (Wildman–Crippen MR) is 66.6 cm³/mol. The van der Waals surface area contributed by atoms with Crippen LogP contribution in [0.5, 0.6) is 0 Å². The van der Waals surface area contributed by atoms with Crippen molar-refractivity contribution >= 4 is 18.8 Å². The summed E-state index contributed by atoms with van der Waals surface area (Å²) in [5.74, 6) is -0.394. The summed E-state index contributed by atoms with van der Waals surface area (Å²) >= 11 is 0. The molecule has 0 spiro atoms. The van der Waals surface area contributed by atoms with Gasteiger partial charge in [-0.1, -0.05) is 27.7 Å². The lowest BCUT2D eigenvalue weighted by atomic mass is 10.0. The zero-order chi connectivity index (χ0) is 14.1. The molecule has 0 heterocycles. The van der Waals surface area contributed by atoms with E-state index >= 15 is 0 Å². The Kier molecular flexibility index (Phi) is 7.74. The maximum Gasteiger partial charge on any atom is 0.328 e. The fourth-order valence-corrected chi connectivity index (χ4v) is 1.39. The molecule has 104 valence electrons. The smallest absolute Gasteiger partial charge is 0.328 e. The normalized spacial score (nSPS) is 13.9. The number of rotatable bonds is 9. The average molecular weight is 258 g/mol. The summed E-state index contributed by atoms with van der Waals surface area (Å²) in [5.41, 5.74) is 0. The Morgan fingerprint density at radius 1 is 1.06 bits per heavy atom. The second-order valence-electron chi connectivity index (χ2n) is 4.77. The Morgan fingerprint density at radius 3 is 2.00 bits per heavy atom. The summed E-state index contributed by atoms with van der Waals surface area (Å²) in [6.45, 7) is 7.55. The van der Waals surface area contributed by atoms with Gasteiger partial charge in [-0.05, 0) is 11.8 Å². The highest BCUT2D eigenvalue weighted by molar-refractivity contribution is 5.78. The van der Waals surface area contributed by atoms with Crippen molar-refractivity contribution < 1.29 is 19.1 Å². The molecule has 2 unspecified atom stereocenters. The van der Waals surface area contributed by atoms with Crippen LogP contribution >= 0.6 is 0 Å². The quantitative estimate of drug-likeness (QED) is 0.453. The van der Waals surface area contributed by atoms with Gasteiger partial charge in [-0.15, -0.1) is 0 Å². The number of carbonyl (C=O) groups excluding carboxylic acids is 3. The summed E-state index contributed by atoms with van der Waals surface area (Å²) < 4.78 is 5.11. The summed E-state index contributed by atoms with van der Waals surface area (Å²) in [4.78, 5) is 32.5. The van der Waals surface area contributed by atoms with E-state index in [9.17, 15) is 14.4 Å². The average Bonchev–Trinajstić information content (AvgIpc) is 2.30. The zero-order valence-corrected chi connectivity index (χ0v) is 11.3. The van der Waals surface area contributed by atoms with Crippen molar-refractivity contribution in [2.75, 3.05) is 6.61 Å². The lowest BCUT2D eigenvalue weighted by molar-refractivity contribution is -0.149. The number of amides is 2. The first-order valence-corrected chi connectivity index (χ1v) is 6.00. The van der Waals surface area contributed by atoms with Gasteiger partial charge in [0.25, 0.3) is 0 Å². The first kappa shape index (κ1) is 16.4. The van der Waals surface area contributed by atoms with Crippen molar-refractivity contribution in [2.45, 2.75) is 39.8 Å². The second-order valence-corrected chi connectivity index (χ2v) is 4.77.